The summed E-state index contributed by atoms with van der Waals surface area (Å²) in [5.41, 5.74) is 5.11. The SMILES string of the molecule is COC(=O)C(N)C1(c2cccc(F)c2F)CC1. The van der Waals surface area contributed by atoms with Gasteiger partial charge < -0.3 is 10.5 Å². The molecule has 1 aliphatic rings. The van der Waals surface area contributed by atoms with Crippen molar-refractivity contribution >= 4 is 5.97 Å². The molecule has 0 heterocycles. The van der Waals surface area contributed by atoms with Crippen LogP contribution in [-0.4, -0.2) is 19.1 Å². The average Bonchev–Trinajstić information content (AvgIpc) is 3.12. The van der Waals surface area contributed by atoms with Crippen molar-refractivity contribution in [2.24, 2.45) is 5.73 Å². The fraction of sp³-hybridized carbons (Fsp3) is 0.417. The number of benzene rings is 1. The first-order valence-corrected chi connectivity index (χ1v) is 5.31. The Morgan fingerprint density at radius 2 is 2.12 bits per heavy atom. The van der Waals surface area contributed by atoms with Crippen LogP contribution in [-0.2, 0) is 14.9 Å². The van der Waals surface area contributed by atoms with E-state index in [0.717, 1.165) is 6.07 Å². The Labute approximate surface area is 97.6 Å². The highest BCUT2D eigenvalue weighted by Gasteiger charge is 2.54. The molecule has 0 aliphatic heterocycles. The number of methoxy groups -OCH3 is 1. The van der Waals surface area contributed by atoms with Crippen LogP contribution in [0.2, 0.25) is 0 Å². The quantitative estimate of drug-likeness (QED) is 0.816. The van der Waals surface area contributed by atoms with Crippen LogP contribution < -0.4 is 5.73 Å². The van der Waals surface area contributed by atoms with Crippen molar-refractivity contribution in [3.05, 3.63) is 35.4 Å². The third-order valence-electron chi connectivity index (χ3n) is 3.33. The number of carbonyl (C=O) groups excluding carboxylic acids is 1. The van der Waals surface area contributed by atoms with Gasteiger partial charge in [0, 0.05) is 5.41 Å². The second-order valence-electron chi connectivity index (χ2n) is 4.26. The number of esters is 1. The van der Waals surface area contributed by atoms with Gasteiger partial charge in [0.15, 0.2) is 11.6 Å². The molecule has 2 rings (SSSR count). The van der Waals surface area contributed by atoms with Gasteiger partial charge in [0.25, 0.3) is 0 Å². The minimum atomic E-state index is -0.955. The van der Waals surface area contributed by atoms with E-state index in [1.165, 1.54) is 19.2 Å². The first-order chi connectivity index (χ1) is 8.03. The topological polar surface area (TPSA) is 52.3 Å². The Balaban J connectivity index is 2.39. The maximum absolute atomic E-state index is 13.7. The highest BCUT2D eigenvalue weighted by Crippen LogP contribution is 2.51. The van der Waals surface area contributed by atoms with E-state index in [4.69, 9.17) is 5.73 Å². The van der Waals surface area contributed by atoms with E-state index in [1.54, 1.807) is 0 Å². The van der Waals surface area contributed by atoms with E-state index < -0.39 is 29.1 Å². The van der Waals surface area contributed by atoms with Crippen LogP contribution in [0.1, 0.15) is 18.4 Å². The summed E-state index contributed by atoms with van der Waals surface area (Å²) >= 11 is 0. The van der Waals surface area contributed by atoms with Crippen molar-refractivity contribution in [3.63, 3.8) is 0 Å². The third-order valence-corrected chi connectivity index (χ3v) is 3.33. The number of ether oxygens (including phenoxy) is 1. The van der Waals surface area contributed by atoms with Crippen LogP contribution in [0.5, 0.6) is 0 Å². The zero-order valence-electron chi connectivity index (χ0n) is 9.37. The van der Waals surface area contributed by atoms with E-state index in [9.17, 15) is 13.6 Å². The van der Waals surface area contributed by atoms with Gasteiger partial charge in [-0.15, -0.1) is 0 Å². The second-order valence-corrected chi connectivity index (χ2v) is 4.26. The number of nitrogens with two attached hydrogens (primary N) is 1. The number of rotatable bonds is 3. The van der Waals surface area contributed by atoms with E-state index in [0.29, 0.717) is 12.8 Å². The van der Waals surface area contributed by atoms with Crippen LogP contribution in [0.4, 0.5) is 8.78 Å². The first-order valence-electron chi connectivity index (χ1n) is 5.31. The summed E-state index contributed by atoms with van der Waals surface area (Å²) in [5, 5.41) is 0. The van der Waals surface area contributed by atoms with Crippen molar-refractivity contribution in [3.8, 4) is 0 Å². The Morgan fingerprint density at radius 3 is 2.65 bits per heavy atom. The second kappa shape index (κ2) is 4.07. The molecule has 1 fully saturated rings. The highest BCUT2D eigenvalue weighted by molar-refractivity contribution is 5.78. The maximum atomic E-state index is 13.7. The number of carbonyl (C=O) groups is 1. The molecule has 17 heavy (non-hydrogen) atoms. The molecule has 0 radical (unpaired) electrons. The highest BCUT2D eigenvalue weighted by atomic mass is 19.2. The lowest BCUT2D eigenvalue weighted by atomic mass is 9.88. The molecule has 1 aromatic carbocycles. The molecule has 0 saturated heterocycles. The lowest BCUT2D eigenvalue weighted by Crippen LogP contribution is -2.43. The van der Waals surface area contributed by atoms with Crippen molar-refractivity contribution in [2.45, 2.75) is 24.3 Å². The first kappa shape index (κ1) is 12.0. The Hall–Kier alpha value is -1.49. The molecule has 2 N–H and O–H groups in total. The van der Waals surface area contributed by atoms with Crippen LogP contribution in [0.3, 0.4) is 0 Å². The standard InChI is InChI=1S/C12H13F2NO2/c1-17-11(16)10(15)12(5-6-12)7-3-2-4-8(13)9(7)14/h2-4,10H,5-6,15H2,1H3. The van der Waals surface area contributed by atoms with E-state index >= 15 is 0 Å². The molecule has 3 nitrogen and oxygen atoms in total. The van der Waals surface area contributed by atoms with Gasteiger partial charge in [0.1, 0.15) is 6.04 Å². The molecular weight excluding hydrogens is 228 g/mol. The van der Waals surface area contributed by atoms with E-state index in [-0.39, 0.29) is 5.56 Å². The van der Waals surface area contributed by atoms with Crippen LogP contribution in [0.15, 0.2) is 18.2 Å². The summed E-state index contributed by atoms with van der Waals surface area (Å²) in [6.45, 7) is 0. The van der Waals surface area contributed by atoms with Crippen molar-refractivity contribution in [1.29, 1.82) is 0 Å². The molecule has 0 bridgehead atoms. The zero-order chi connectivity index (χ0) is 12.6. The molecule has 1 atom stereocenters. The molecule has 0 amide bonds. The van der Waals surface area contributed by atoms with Gasteiger partial charge >= 0.3 is 5.97 Å². The van der Waals surface area contributed by atoms with Crippen molar-refractivity contribution in [2.75, 3.05) is 7.11 Å². The van der Waals surface area contributed by atoms with Crippen molar-refractivity contribution in [1.82, 2.24) is 0 Å². The predicted molar refractivity (Wildman–Crippen MR) is 57.3 cm³/mol. The smallest absolute Gasteiger partial charge is 0.323 e. The number of halogens is 2. The third kappa shape index (κ3) is 1.80. The molecule has 1 saturated carbocycles. The molecule has 1 aliphatic carbocycles. The lowest BCUT2D eigenvalue weighted by molar-refractivity contribution is -0.143. The molecule has 5 heteroatoms. The summed E-state index contributed by atoms with van der Waals surface area (Å²) in [4.78, 5) is 11.4. The van der Waals surface area contributed by atoms with Gasteiger partial charge in [-0.05, 0) is 24.5 Å². The summed E-state index contributed by atoms with van der Waals surface area (Å²) < 4.78 is 31.4. The molecule has 0 aromatic heterocycles. The van der Waals surface area contributed by atoms with Crippen LogP contribution in [0, 0.1) is 11.6 Å². The van der Waals surface area contributed by atoms with Gasteiger partial charge in [-0.3, -0.25) is 4.79 Å². The largest absolute Gasteiger partial charge is 0.468 e. The fourth-order valence-electron chi connectivity index (χ4n) is 2.12. The van der Waals surface area contributed by atoms with Gasteiger partial charge in [-0.1, -0.05) is 12.1 Å². The minimum absolute atomic E-state index is 0.162. The van der Waals surface area contributed by atoms with Crippen LogP contribution in [0.25, 0.3) is 0 Å². The molecular formula is C12H13F2NO2. The van der Waals surface area contributed by atoms with E-state index in [1.807, 2.05) is 0 Å². The zero-order valence-corrected chi connectivity index (χ0v) is 9.37. The normalized spacial score (nSPS) is 18.6. The number of hydrogen-bond acceptors (Lipinski definition) is 3. The fourth-order valence-corrected chi connectivity index (χ4v) is 2.12. The van der Waals surface area contributed by atoms with Crippen LogP contribution >= 0.6 is 0 Å². The summed E-state index contributed by atoms with van der Waals surface area (Å²) in [6, 6.07) is 2.97. The molecule has 1 unspecified atom stereocenters. The lowest BCUT2D eigenvalue weighted by Gasteiger charge is -2.22. The predicted octanol–water partition coefficient (Wildman–Crippen LogP) is 1.50. The Kier molecular flexibility index (Phi) is 2.87. The summed E-state index contributed by atoms with van der Waals surface area (Å²) in [6.07, 6.45) is 1.12. The summed E-state index contributed by atoms with van der Waals surface area (Å²) in [7, 11) is 1.22. The Bertz CT molecular complexity index is 458. The maximum Gasteiger partial charge on any atom is 0.323 e. The van der Waals surface area contributed by atoms with Crippen molar-refractivity contribution < 1.29 is 18.3 Å². The number of hydrogen-bond donors (Lipinski definition) is 1. The van der Waals surface area contributed by atoms with Gasteiger partial charge in [-0.25, -0.2) is 8.78 Å². The molecule has 1 aromatic rings. The van der Waals surface area contributed by atoms with E-state index in [2.05, 4.69) is 4.74 Å². The Morgan fingerprint density at radius 1 is 1.47 bits per heavy atom. The molecule has 0 spiro atoms. The average molecular weight is 241 g/mol. The van der Waals surface area contributed by atoms with Gasteiger partial charge in [-0.2, -0.15) is 0 Å². The van der Waals surface area contributed by atoms with Gasteiger partial charge in [0.2, 0.25) is 0 Å². The molecule has 92 valence electrons. The minimum Gasteiger partial charge on any atom is -0.468 e. The summed E-state index contributed by atoms with van der Waals surface area (Å²) in [5.74, 6) is -2.46. The van der Waals surface area contributed by atoms with Gasteiger partial charge in [0.05, 0.1) is 7.11 Å². The monoisotopic (exact) mass is 241 g/mol.